The van der Waals surface area contributed by atoms with E-state index in [2.05, 4.69) is 39.1 Å². The number of nitrogens with zero attached hydrogens (tertiary/aromatic N) is 5. The molecule has 0 aliphatic carbocycles. The van der Waals surface area contributed by atoms with Gasteiger partial charge in [-0.2, -0.15) is 4.98 Å². The fourth-order valence-electron chi connectivity index (χ4n) is 2.99. The van der Waals surface area contributed by atoms with E-state index in [0.29, 0.717) is 17.5 Å². The summed E-state index contributed by atoms with van der Waals surface area (Å²) in [6.45, 7) is 12.1. The van der Waals surface area contributed by atoms with Crippen LogP contribution in [0.1, 0.15) is 25.2 Å². The highest BCUT2D eigenvalue weighted by Gasteiger charge is 2.28. The van der Waals surface area contributed by atoms with Gasteiger partial charge < -0.3 is 10.1 Å². The van der Waals surface area contributed by atoms with E-state index in [1.807, 2.05) is 19.9 Å². The molecule has 0 atom stereocenters. The lowest BCUT2D eigenvalue weighted by atomic mass is 10.0. The number of rotatable bonds is 6. The van der Waals surface area contributed by atoms with Gasteiger partial charge in [0.05, 0.1) is 19.0 Å². The molecule has 0 bridgehead atoms. The summed E-state index contributed by atoms with van der Waals surface area (Å²) in [4.78, 5) is 23.3. The first-order valence-electron chi connectivity index (χ1n) is 8.78. The van der Waals surface area contributed by atoms with Crippen LogP contribution in [0.5, 0.6) is 0 Å². The zero-order valence-electron chi connectivity index (χ0n) is 15.8. The van der Waals surface area contributed by atoms with Gasteiger partial charge in [0, 0.05) is 36.6 Å². The third-order valence-corrected chi connectivity index (χ3v) is 5.35. The smallest absolute Gasteiger partial charge is 0.253 e. The largest absolute Gasteiger partial charge is 0.379 e. The molecule has 0 aromatic carbocycles. The Bertz CT molecular complexity index is 785. The maximum atomic E-state index is 12.2. The van der Waals surface area contributed by atoms with Crippen molar-refractivity contribution in [2.75, 3.05) is 38.6 Å². The number of carbonyl (C=O) groups is 1. The van der Waals surface area contributed by atoms with E-state index < -0.39 is 0 Å². The molecule has 9 heteroatoms. The highest BCUT2D eigenvalue weighted by Crippen LogP contribution is 2.17. The first-order chi connectivity index (χ1) is 12.3. The van der Waals surface area contributed by atoms with Crippen LogP contribution in [0, 0.1) is 13.8 Å². The Morgan fingerprint density at radius 1 is 1.31 bits per heavy atom. The van der Waals surface area contributed by atoms with Crippen LogP contribution in [0.15, 0.2) is 11.2 Å². The highest BCUT2D eigenvalue weighted by molar-refractivity contribution is 7.99. The Kier molecular flexibility index (Phi) is 5.79. The molecule has 2 aromatic heterocycles. The average molecular weight is 379 g/mol. The molecule has 1 aliphatic heterocycles. The van der Waals surface area contributed by atoms with Gasteiger partial charge in [0.2, 0.25) is 11.1 Å². The second-order valence-corrected chi connectivity index (χ2v) is 8.06. The maximum absolute atomic E-state index is 12.2. The molecule has 26 heavy (non-hydrogen) atoms. The van der Waals surface area contributed by atoms with E-state index >= 15 is 0 Å². The minimum absolute atomic E-state index is 0.0175. The second-order valence-electron chi connectivity index (χ2n) is 7.12. The zero-order chi connectivity index (χ0) is 18.7. The summed E-state index contributed by atoms with van der Waals surface area (Å²) < 4.78 is 7.10. The van der Waals surface area contributed by atoms with Crippen molar-refractivity contribution in [2.45, 2.75) is 38.4 Å². The third kappa shape index (κ3) is 4.52. The minimum atomic E-state index is -0.0932. The van der Waals surface area contributed by atoms with Crippen molar-refractivity contribution in [1.29, 1.82) is 0 Å². The van der Waals surface area contributed by atoms with Gasteiger partial charge >= 0.3 is 0 Å². The third-order valence-electron chi connectivity index (χ3n) is 4.52. The van der Waals surface area contributed by atoms with Crippen molar-refractivity contribution in [2.24, 2.45) is 0 Å². The second kappa shape index (κ2) is 7.89. The van der Waals surface area contributed by atoms with Crippen LogP contribution < -0.4 is 5.32 Å². The quantitative estimate of drug-likeness (QED) is 0.753. The number of morpholine rings is 1. The number of hydrogen-bond donors (Lipinski definition) is 1. The fourth-order valence-corrected chi connectivity index (χ4v) is 3.63. The van der Waals surface area contributed by atoms with E-state index in [0.717, 1.165) is 37.7 Å². The van der Waals surface area contributed by atoms with Crippen LogP contribution in [-0.2, 0) is 9.53 Å². The summed E-state index contributed by atoms with van der Waals surface area (Å²) in [7, 11) is 0. The standard InChI is InChI=1S/C17H26N6O2S/c1-12-9-13(2)23-15(19-12)20-16(21-23)26-10-14(24)18-11-17(3,4)22-5-7-25-8-6-22/h9H,5-8,10-11H2,1-4H3,(H,18,24). The van der Waals surface area contributed by atoms with Crippen LogP contribution in [0.25, 0.3) is 5.78 Å². The molecule has 3 heterocycles. The normalized spacial score (nSPS) is 16.2. The van der Waals surface area contributed by atoms with E-state index in [1.165, 1.54) is 11.8 Å². The molecule has 2 aromatic rings. The van der Waals surface area contributed by atoms with Gasteiger partial charge in [-0.3, -0.25) is 9.69 Å². The zero-order valence-corrected chi connectivity index (χ0v) is 16.6. The van der Waals surface area contributed by atoms with Gasteiger partial charge in [-0.25, -0.2) is 9.50 Å². The van der Waals surface area contributed by atoms with E-state index in [9.17, 15) is 4.79 Å². The molecule has 0 unspecified atom stereocenters. The number of fused-ring (bicyclic) bond motifs is 1. The van der Waals surface area contributed by atoms with Gasteiger partial charge in [-0.15, -0.1) is 5.10 Å². The number of aryl methyl sites for hydroxylation is 2. The molecule has 3 rings (SSSR count). The molecule has 1 aliphatic rings. The number of hydrogen-bond acceptors (Lipinski definition) is 7. The number of nitrogens with one attached hydrogen (secondary N) is 1. The summed E-state index contributed by atoms with van der Waals surface area (Å²) in [6.07, 6.45) is 0. The van der Waals surface area contributed by atoms with E-state index in [-0.39, 0.29) is 17.2 Å². The molecule has 8 nitrogen and oxygen atoms in total. The van der Waals surface area contributed by atoms with Crippen molar-refractivity contribution >= 4 is 23.4 Å². The predicted octanol–water partition coefficient (Wildman–Crippen LogP) is 1.06. The van der Waals surface area contributed by atoms with Crippen molar-refractivity contribution in [1.82, 2.24) is 29.8 Å². The summed E-state index contributed by atoms with van der Waals surface area (Å²) >= 11 is 1.33. The monoisotopic (exact) mass is 378 g/mol. The Morgan fingerprint density at radius 2 is 2.04 bits per heavy atom. The number of aromatic nitrogens is 4. The molecule has 1 fully saturated rings. The van der Waals surface area contributed by atoms with Gasteiger partial charge in [-0.1, -0.05) is 11.8 Å². The van der Waals surface area contributed by atoms with Crippen LogP contribution in [0.3, 0.4) is 0 Å². The van der Waals surface area contributed by atoms with Crippen LogP contribution in [-0.4, -0.2) is 74.5 Å². The minimum Gasteiger partial charge on any atom is -0.379 e. The van der Waals surface area contributed by atoms with Crippen molar-refractivity contribution in [3.8, 4) is 0 Å². The lowest BCUT2D eigenvalue weighted by Crippen LogP contribution is -2.55. The lowest BCUT2D eigenvalue weighted by Gasteiger charge is -2.40. The van der Waals surface area contributed by atoms with Gasteiger partial charge in [-0.05, 0) is 33.8 Å². The molecule has 1 amide bonds. The molecule has 142 valence electrons. The molecule has 0 saturated carbocycles. The number of thioether (sulfide) groups is 1. The fraction of sp³-hybridized carbons (Fsp3) is 0.647. The van der Waals surface area contributed by atoms with Gasteiger partial charge in [0.1, 0.15) is 0 Å². The first-order valence-corrected chi connectivity index (χ1v) is 9.77. The predicted molar refractivity (Wildman–Crippen MR) is 100 cm³/mol. The molecule has 1 N–H and O–H groups in total. The Labute approximate surface area is 157 Å². The van der Waals surface area contributed by atoms with Crippen LogP contribution in [0.4, 0.5) is 0 Å². The Morgan fingerprint density at radius 3 is 2.77 bits per heavy atom. The van der Waals surface area contributed by atoms with Gasteiger partial charge in [0.15, 0.2) is 0 Å². The number of carbonyl (C=O) groups excluding carboxylic acids is 1. The SMILES string of the molecule is Cc1cc(C)n2nc(SCC(=O)NCC(C)(C)N3CCOCC3)nc2n1. The summed E-state index contributed by atoms with van der Waals surface area (Å²) in [5, 5.41) is 8.00. The Balaban J connectivity index is 1.51. The molecule has 0 radical (unpaired) electrons. The molecular weight excluding hydrogens is 352 g/mol. The van der Waals surface area contributed by atoms with Crippen LogP contribution >= 0.6 is 11.8 Å². The summed E-state index contributed by atoms with van der Waals surface area (Å²) in [6, 6.07) is 1.95. The van der Waals surface area contributed by atoms with Crippen molar-refractivity contribution < 1.29 is 9.53 Å². The lowest BCUT2D eigenvalue weighted by molar-refractivity contribution is -0.119. The summed E-state index contributed by atoms with van der Waals surface area (Å²) in [5.41, 5.74) is 1.79. The molecular formula is C17H26N6O2S. The Hall–Kier alpha value is -1.71. The first kappa shape index (κ1) is 19.1. The van der Waals surface area contributed by atoms with E-state index in [1.54, 1.807) is 4.52 Å². The molecule has 1 saturated heterocycles. The highest BCUT2D eigenvalue weighted by atomic mass is 32.2. The van der Waals surface area contributed by atoms with Crippen molar-refractivity contribution in [3.63, 3.8) is 0 Å². The van der Waals surface area contributed by atoms with Gasteiger partial charge in [0.25, 0.3) is 5.78 Å². The van der Waals surface area contributed by atoms with E-state index in [4.69, 9.17) is 4.74 Å². The topological polar surface area (TPSA) is 84.7 Å². The molecule has 0 spiro atoms. The van der Waals surface area contributed by atoms with Crippen LogP contribution in [0.2, 0.25) is 0 Å². The number of amides is 1. The maximum Gasteiger partial charge on any atom is 0.253 e. The average Bonchev–Trinajstić information content (AvgIpc) is 3.02. The summed E-state index contributed by atoms with van der Waals surface area (Å²) in [5.74, 6) is 0.837. The van der Waals surface area contributed by atoms with Crippen molar-refractivity contribution in [3.05, 3.63) is 17.5 Å². The number of ether oxygens (including phenoxy) is 1.